The first-order chi connectivity index (χ1) is 13.6. The zero-order valence-electron chi connectivity index (χ0n) is 16.7. The number of amides is 1. The van der Waals surface area contributed by atoms with Crippen molar-refractivity contribution in [1.82, 2.24) is 20.1 Å². The van der Waals surface area contributed by atoms with Gasteiger partial charge >= 0.3 is 12.6 Å². The monoisotopic (exact) mass is 408 g/mol. The van der Waals surface area contributed by atoms with Crippen LogP contribution in [0.1, 0.15) is 40.2 Å². The van der Waals surface area contributed by atoms with Gasteiger partial charge in [-0.05, 0) is 33.6 Å². The third-order valence-electron chi connectivity index (χ3n) is 4.50. The number of pyridine rings is 1. The molecule has 1 saturated heterocycles. The molecule has 3 N–H and O–H groups in total. The molecule has 29 heavy (non-hydrogen) atoms. The van der Waals surface area contributed by atoms with Gasteiger partial charge in [0, 0.05) is 54.4 Å². The Morgan fingerprint density at radius 3 is 2.79 bits per heavy atom. The molecule has 0 bridgehead atoms. The van der Waals surface area contributed by atoms with E-state index >= 15 is 0 Å². The lowest BCUT2D eigenvalue weighted by molar-refractivity contribution is 0.0499. The molecule has 1 aliphatic heterocycles. The van der Waals surface area contributed by atoms with Crippen LogP contribution in [0.25, 0.3) is 11.1 Å². The zero-order chi connectivity index (χ0) is 21.2. The Kier molecular flexibility index (Phi) is 5.90. The molecule has 1 fully saturated rings. The van der Waals surface area contributed by atoms with Gasteiger partial charge < -0.3 is 20.7 Å². The lowest BCUT2D eigenvalue weighted by atomic mass is 10.0. The van der Waals surface area contributed by atoms with Crippen molar-refractivity contribution < 1.29 is 18.3 Å². The molecule has 158 valence electrons. The normalized spacial score (nSPS) is 17.4. The van der Waals surface area contributed by atoms with E-state index in [0.29, 0.717) is 28.2 Å². The number of ether oxygens (including phenoxy) is 1. The fraction of sp³-hybridized carbons (Fsp3) is 0.526. The summed E-state index contributed by atoms with van der Waals surface area (Å²) in [5, 5.41) is 6.61. The van der Waals surface area contributed by atoms with Gasteiger partial charge in [0.25, 0.3) is 0 Å². The molecule has 0 saturated carbocycles. The maximum Gasteiger partial charge on any atom is 0.407 e. The van der Waals surface area contributed by atoms with Gasteiger partial charge in [-0.3, -0.25) is 0 Å². The topological polar surface area (TPSA) is 98.3 Å². The molecule has 0 aliphatic carbocycles. The largest absolute Gasteiger partial charge is 0.444 e. The van der Waals surface area contributed by atoms with Gasteiger partial charge in [-0.15, -0.1) is 0 Å². The molecule has 3 rings (SSSR count). The van der Waals surface area contributed by atoms with E-state index in [-0.39, 0.29) is 6.04 Å². The summed E-state index contributed by atoms with van der Waals surface area (Å²) in [7, 11) is 0. The number of carbonyl (C=O) groups excluding carboxylic acids is 1. The summed E-state index contributed by atoms with van der Waals surface area (Å²) >= 11 is 0. The van der Waals surface area contributed by atoms with Crippen LogP contribution in [-0.2, 0) is 4.74 Å². The highest BCUT2D eigenvalue weighted by molar-refractivity contribution is 5.79. The van der Waals surface area contributed by atoms with Crippen molar-refractivity contribution in [3.63, 3.8) is 0 Å². The molecule has 3 heterocycles. The van der Waals surface area contributed by atoms with E-state index in [1.165, 1.54) is 12.4 Å². The number of nitrogens with two attached hydrogens (primary N) is 1. The number of aromatic nitrogens is 3. The first-order valence-corrected chi connectivity index (χ1v) is 9.45. The highest BCUT2D eigenvalue weighted by Crippen LogP contribution is 2.33. The molecule has 1 amide bonds. The molecule has 2 aromatic heterocycles. The number of alkyl halides is 2. The number of rotatable bonds is 4. The van der Waals surface area contributed by atoms with E-state index in [1.807, 2.05) is 20.8 Å². The fourth-order valence-electron chi connectivity index (χ4n) is 3.32. The second-order valence-electron chi connectivity index (χ2n) is 8.04. The van der Waals surface area contributed by atoms with Crippen LogP contribution in [0.2, 0.25) is 0 Å². The molecule has 0 spiro atoms. The number of nitrogens with zero attached hydrogens (tertiary/aromatic N) is 4. The molecular weight excluding hydrogens is 382 g/mol. The molecule has 0 radical (unpaired) electrons. The van der Waals surface area contributed by atoms with Crippen LogP contribution < -0.4 is 16.0 Å². The molecule has 0 unspecified atom stereocenters. The van der Waals surface area contributed by atoms with E-state index in [9.17, 15) is 13.6 Å². The van der Waals surface area contributed by atoms with Gasteiger partial charge in [-0.25, -0.2) is 14.5 Å². The molecule has 2 aromatic rings. The van der Waals surface area contributed by atoms with Gasteiger partial charge in [0.1, 0.15) is 11.4 Å². The Balaban J connectivity index is 1.80. The predicted octanol–water partition coefficient (Wildman–Crippen LogP) is 3.42. The minimum atomic E-state index is -2.72. The minimum Gasteiger partial charge on any atom is -0.444 e. The molecule has 1 atom stereocenters. The Labute approximate surface area is 168 Å². The number of hydrogen-bond acceptors (Lipinski definition) is 6. The number of anilines is 2. The number of halogens is 2. The van der Waals surface area contributed by atoms with E-state index < -0.39 is 18.2 Å². The van der Waals surface area contributed by atoms with Crippen LogP contribution in [0.15, 0.2) is 24.7 Å². The molecule has 1 aliphatic rings. The van der Waals surface area contributed by atoms with Gasteiger partial charge in [-0.1, -0.05) is 0 Å². The number of nitrogens with one attached hydrogen (secondary N) is 1. The van der Waals surface area contributed by atoms with Crippen molar-refractivity contribution in [2.75, 3.05) is 23.7 Å². The van der Waals surface area contributed by atoms with Crippen LogP contribution in [-0.4, -0.2) is 45.6 Å². The Hall–Kier alpha value is -2.91. The fourth-order valence-corrected chi connectivity index (χ4v) is 3.32. The average Bonchev–Trinajstić information content (AvgIpc) is 3.10. The van der Waals surface area contributed by atoms with Crippen LogP contribution in [0.3, 0.4) is 0 Å². The zero-order valence-corrected chi connectivity index (χ0v) is 16.7. The van der Waals surface area contributed by atoms with Crippen molar-refractivity contribution in [3.05, 3.63) is 24.7 Å². The number of nitrogen functional groups attached to an aromatic ring is 1. The van der Waals surface area contributed by atoms with E-state index in [4.69, 9.17) is 10.5 Å². The summed E-state index contributed by atoms with van der Waals surface area (Å²) < 4.78 is 31.7. The Morgan fingerprint density at radius 2 is 2.14 bits per heavy atom. The van der Waals surface area contributed by atoms with Gasteiger partial charge in [0.2, 0.25) is 0 Å². The van der Waals surface area contributed by atoms with Crippen LogP contribution in [0.5, 0.6) is 0 Å². The van der Waals surface area contributed by atoms with E-state index in [0.717, 1.165) is 25.1 Å². The molecule has 0 aromatic carbocycles. The molecular formula is C19H26F2N6O2. The summed E-state index contributed by atoms with van der Waals surface area (Å²) in [4.78, 5) is 18.3. The van der Waals surface area contributed by atoms with Crippen LogP contribution in [0, 0.1) is 0 Å². The van der Waals surface area contributed by atoms with Gasteiger partial charge in [0.15, 0.2) is 0 Å². The second kappa shape index (κ2) is 8.22. The lowest BCUT2D eigenvalue weighted by Crippen LogP contribution is -2.49. The van der Waals surface area contributed by atoms with Gasteiger partial charge in [-0.2, -0.15) is 13.9 Å². The number of carbonyl (C=O) groups is 1. The van der Waals surface area contributed by atoms with Gasteiger partial charge in [0.05, 0.1) is 6.20 Å². The average molecular weight is 408 g/mol. The first-order valence-electron chi connectivity index (χ1n) is 9.45. The Morgan fingerprint density at radius 1 is 1.38 bits per heavy atom. The number of hydrogen-bond donors (Lipinski definition) is 2. The quantitative estimate of drug-likeness (QED) is 0.804. The lowest BCUT2D eigenvalue weighted by Gasteiger charge is -2.36. The highest BCUT2D eigenvalue weighted by Gasteiger charge is 2.26. The van der Waals surface area contributed by atoms with Crippen molar-refractivity contribution in [2.24, 2.45) is 0 Å². The molecule has 8 nitrogen and oxygen atoms in total. The summed E-state index contributed by atoms with van der Waals surface area (Å²) in [6.45, 7) is 4.00. The SMILES string of the molecule is CC(C)(C)OC(=O)N[C@H]1CCCN(c2cc(N)ncc2-c2cnn(C(F)F)c2)C1. The number of piperidine rings is 1. The van der Waals surface area contributed by atoms with Crippen molar-refractivity contribution >= 4 is 17.6 Å². The summed E-state index contributed by atoms with van der Waals surface area (Å²) in [5.41, 5.74) is 7.25. The third-order valence-corrected chi connectivity index (χ3v) is 4.50. The highest BCUT2D eigenvalue weighted by atomic mass is 19.3. The molecule has 10 heteroatoms. The van der Waals surface area contributed by atoms with Crippen molar-refractivity contribution in [1.29, 1.82) is 0 Å². The maximum atomic E-state index is 12.9. The second-order valence-corrected chi connectivity index (χ2v) is 8.04. The smallest absolute Gasteiger partial charge is 0.407 e. The minimum absolute atomic E-state index is 0.107. The van der Waals surface area contributed by atoms with Crippen molar-refractivity contribution in [3.8, 4) is 11.1 Å². The third kappa shape index (κ3) is 5.33. The number of alkyl carbamates (subject to hydrolysis) is 1. The van der Waals surface area contributed by atoms with E-state index in [1.54, 1.807) is 12.3 Å². The predicted molar refractivity (Wildman–Crippen MR) is 106 cm³/mol. The maximum absolute atomic E-state index is 12.9. The van der Waals surface area contributed by atoms with Crippen LogP contribution in [0.4, 0.5) is 25.1 Å². The van der Waals surface area contributed by atoms with Crippen molar-refractivity contribution in [2.45, 2.75) is 51.8 Å². The summed E-state index contributed by atoms with van der Waals surface area (Å²) in [5.74, 6) is 0.326. The Bertz CT molecular complexity index is 865. The van der Waals surface area contributed by atoms with E-state index in [2.05, 4.69) is 20.3 Å². The summed E-state index contributed by atoms with van der Waals surface area (Å²) in [6.07, 6.45) is 5.41. The summed E-state index contributed by atoms with van der Waals surface area (Å²) in [6, 6.07) is 1.61. The first kappa shape index (κ1) is 20.8. The van der Waals surface area contributed by atoms with Crippen LogP contribution >= 0.6 is 0 Å². The standard InChI is InChI=1S/C19H26F2N6O2/c1-19(2,3)29-18(28)25-13-5-4-6-26(11-13)15-7-16(22)23-9-14(15)12-8-24-27(10-12)17(20)21/h7-10,13,17H,4-6,11H2,1-3H3,(H2,22,23)(H,25,28)/t13-/m0/s1.